The molecule has 0 saturated carbocycles. The van der Waals surface area contributed by atoms with Crippen LogP contribution in [0.2, 0.25) is 0 Å². The number of nitrogens with two attached hydrogens (primary N) is 1. The van der Waals surface area contributed by atoms with Crippen LogP contribution in [0.15, 0.2) is 4.99 Å². The van der Waals surface area contributed by atoms with Gasteiger partial charge in [0.15, 0.2) is 5.96 Å². The first-order valence-corrected chi connectivity index (χ1v) is 7.04. The van der Waals surface area contributed by atoms with Gasteiger partial charge in [-0.05, 0) is 60.5 Å². The maximum absolute atomic E-state index is 5.92. The van der Waals surface area contributed by atoms with E-state index < -0.39 is 0 Å². The molecule has 0 aliphatic carbocycles. The highest BCUT2D eigenvalue weighted by Gasteiger charge is 2.27. The van der Waals surface area contributed by atoms with Crippen LogP contribution in [0.25, 0.3) is 0 Å². The molecule has 1 heterocycles. The average molecular weight is 382 g/mol. The van der Waals surface area contributed by atoms with Crippen LogP contribution in [0.3, 0.4) is 0 Å². The molecule has 0 aromatic heterocycles. The van der Waals surface area contributed by atoms with Crippen molar-refractivity contribution >= 4 is 29.9 Å². The number of nitrogens with one attached hydrogen (secondary N) is 1. The van der Waals surface area contributed by atoms with Crippen LogP contribution >= 0.6 is 24.0 Å². The Labute approximate surface area is 135 Å². The minimum atomic E-state index is -0.0250. The quantitative estimate of drug-likeness (QED) is 0.448. The molecule has 0 aromatic rings. The van der Waals surface area contributed by atoms with Gasteiger partial charge in [-0.2, -0.15) is 0 Å². The highest BCUT2D eigenvalue weighted by atomic mass is 127. The van der Waals surface area contributed by atoms with E-state index in [-0.39, 0.29) is 35.1 Å². The third-order valence-electron chi connectivity index (χ3n) is 3.35. The number of piperidine rings is 1. The van der Waals surface area contributed by atoms with E-state index in [0.717, 1.165) is 6.54 Å². The minimum absolute atomic E-state index is 0. The number of aliphatic imine (C=N–C) groups is 1. The lowest BCUT2D eigenvalue weighted by molar-refractivity contribution is 0.102. The molecule has 0 unspecified atom stereocenters. The summed E-state index contributed by atoms with van der Waals surface area (Å²) in [6.45, 7) is 13.9. The number of hydrogen-bond donors (Lipinski definition) is 2. The Kier molecular flexibility index (Phi) is 7.65. The summed E-state index contributed by atoms with van der Waals surface area (Å²) in [5, 5.41) is 3.20. The lowest BCUT2D eigenvalue weighted by atomic mass is 9.99. The van der Waals surface area contributed by atoms with Gasteiger partial charge in [0.05, 0.1) is 6.54 Å². The third-order valence-corrected chi connectivity index (χ3v) is 3.35. The average Bonchev–Trinajstić information content (AvgIpc) is 2.26. The van der Waals surface area contributed by atoms with E-state index >= 15 is 0 Å². The fourth-order valence-corrected chi connectivity index (χ4v) is 2.30. The van der Waals surface area contributed by atoms with Crippen molar-refractivity contribution in [1.82, 2.24) is 10.2 Å². The lowest BCUT2D eigenvalue weighted by Crippen LogP contribution is -2.50. The van der Waals surface area contributed by atoms with E-state index in [1.165, 1.54) is 32.4 Å². The van der Waals surface area contributed by atoms with Crippen LogP contribution < -0.4 is 11.1 Å². The maximum Gasteiger partial charge on any atom is 0.189 e. The second-order valence-corrected chi connectivity index (χ2v) is 6.94. The number of halogens is 1. The van der Waals surface area contributed by atoms with Gasteiger partial charge in [0.1, 0.15) is 0 Å². The summed E-state index contributed by atoms with van der Waals surface area (Å²) < 4.78 is 0. The summed E-state index contributed by atoms with van der Waals surface area (Å²) in [6, 6.07) is 0. The van der Waals surface area contributed by atoms with Gasteiger partial charge in [-0.25, -0.2) is 0 Å². The molecule has 0 amide bonds. The van der Waals surface area contributed by atoms with Crippen molar-refractivity contribution in [3.05, 3.63) is 0 Å². The van der Waals surface area contributed by atoms with Gasteiger partial charge < -0.3 is 11.1 Å². The number of hydrogen-bond acceptors (Lipinski definition) is 2. The van der Waals surface area contributed by atoms with Crippen molar-refractivity contribution in [1.29, 1.82) is 0 Å². The summed E-state index contributed by atoms with van der Waals surface area (Å²) >= 11 is 0. The molecule has 19 heavy (non-hydrogen) atoms. The molecule has 1 rings (SSSR count). The van der Waals surface area contributed by atoms with Crippen molar-refractivity contribution in [2.45, 2.75) is 65.0 Å². The first-order valence-electron chi connectivity index (χ1n) is 7.04. The first-order chi connectivity index (χ1) is 8.21. The molecule has 3 N–H and O–H groups in total. The Morgan fingerprint density at radius 3 is 2.11 bits per heavy atom. The fraction of sp³-hybridized carbons (Fsp3) is 0.929. The molecular weight excluding hydrogens is 351 g/mol. The topological polar surface area (TPSA) is 53.6 Å². The predicted molar refractivity (Wildman–Crippen MR) is 94.3 cm³/mol. The zero-order chi connectivity index (χ0) is 13.8. The smallest absolute Gasteiger partial charge is 0.189 e. The Morgan fingerprint density at radius 1 is 1.11 bits per heavy atom. The van der Waals surface area contributed by atoms with Crippen LogP contribution in [0.5, 0.6) is 0 Å². The van der Waals surface area contributed by atoms with Gasteiger partial charge in [0.25, 0.3) is 0 Å². The summed E-state index contributed by atoms with van der Waals surface area (Å²) in [7, 11) is 0. The molecule has 1 aliphatic rings. The molecule has 4 nitrogen and oxygen atoms in total. The van der Waals surface area contributed by atoms with E-state index in [1.54, 1.807) is 0 Å². The van der Waals surface area contributed by atoms with Gasteiger partial charge in [-0.1, -0.05) is 6.42 Å². The van der Waals surface area contributed by atoms with E-state index in [2.05, 4.69) is 49.8 Å². The Bertz CT molecular complexity index is 288. The third kappa shape index (κ3) is 7.34. The number of guanidine groups is 1. The zero-order valence-electron chi connectivity index (χ0n) is 13.1. The Hall–Kier alpha value is -0.0400. The van der Waals surface area contributed by atoms with Gasteiger partial charge in [-0.15, -0.1) is 24.0 Å². The molecule has 1 saturated heterocycles. The zero-order valence-corrected chi connectivity index (χ0v) is 15.5. The van der Waals surface area contributed by atoms with Gasteiger partial charge in [0, 0.05) is 11.1 Å². The molecule has 0 atom stereocenters. The highest BCUT2D eigenvalue weighted by molar-refractivity contribution is 14.0. The summed E-state index contributed by atoms with van der Waals surface area (Å²) in [6.07, 6.45) is 3.98. The molecular formula is C14H31IN4. The van der Waals surface area contributed by atoms with Crippen LogP contribution in [-0.4, -0.2) is 41.6 Å². The minimum Gasteiger partial charge on any atom is -0.370 e. The molecule has 0 bridgehead atoms. The number of rotatable bonds is 3. The number of nitrogens with zero attached hydrogens (tertiary/aromatic N) is 2. The summed E-state index contributed by atoms with van der Waals surface area (Å²) in [5.74, 6) is 0.549. The lowest BCUT2D eigenvalue weighted by Gasteiger charge is -2.40. The SMILES string of the molecule is CC(C)(C)NC(N)=NCC(C)(C)N1CCCCC1.I. The molecule has 1 fully saturated rings. The van der Waals surface area contributed by atoms with Gasteiger partial charge in [-0.3, -0.25) is 9.89 Å². The van der Waals surface area contributed by atoms with Crippen LogP contribution in [0, 0.1) is 0 Å². The van der Waals surface area contributed by atoms with Crippen LogP contribution in [-0.2, 0) is 0 Å². The van der Waals surface area contributed by atoms with Crippen LogP contribution in [0.1, 0.15) is 53.9 Å². The van der Waals surface area contributed by atoms with E-state index in [9.17, 15) is 0 Å². The monoisotopic (exact) mass is 382 g/mol. The fourth-order valence-electron chi connectivity index (χ4n) is 2.30. The largest absolute Gasteiger partial charge is 0.370 e. The Balaban J connectivity index is 0.00000324. The molecule has 1 aliphatic heterocycles. The predicted octanol–water partition coefficient (Wildman–Crippen LogP) is 2.57. The molecule has 5 heteroatoms. The Morgan fingerprint density at radius 2 is 1.63 bits per heavy atom. The van der Waals surface area contributed by atoms with E-state index in [4.69, 9.17) is 5.73 Å². The van der Waals surface area contributed by atoms with E-state index in [0.29, 0.717) is 5.96 Å². The van der Waals surface area contributed by atoms with Crippen molar-refractivity contribution in [2.75, 3.05) is 19.6 Å². The van der Waals surface area contributed by atoms with Gasteiger partial charge >= 0.3 is 0 Å². The molecule has 114 valence electrons. The molecule has 0 radical (unpaired) electrons. The molecule has 0 aromatic carbocycles. The van der Waals surface area contributed by atoms with Gasteiger partial charge in [0.2, 0.25) is 0 Å². The first kappa shape index (κ1) is 19.0. The second-order valence-electron chi connectivity index (χ2n) is 6.94. The van der Waals surface area contributed by atoms with E-state index in [1.807, 2.05) is 0 Å². The van der Waals surface area contributed by atoms with Crippen molar-refractivity contribution in [3.8, 4) is 0 Å². The van der Waals surface area contributed by atoms with Crippen molar-refractivity contribution < 1.29 is 0 Å². The number of likely N-dealkylation sites (tertiary alicyclic amines) is 1. The normalized spacial score (nSPS) is 18.9. The maximum atomic E-state index is 5.92. The van der Waals surface area contributed by atoms with Crippen LogP contribution in [0.4, 0.5) is 0 Å². The van der Waals surface area contributed by atoms with Crippen molar-refractivity contribution in [2.24, 2.45) is 10.7 Å². The highest BCUT2D eigenvalue weighted by Crippen LogP contribution is 2.20. The summed E-state index contributed by atoms with van der Waals surface area (Å²) in [4.78, 5) is 7.03. The second kappa shape index (κ2) is 7.67. The molecule has 0 spiro atoms. The summed E-state index contributed by atoms with van der Waals surface area (Å²) in [5.41, 5.74) is 5.99. The van der Waals surface area contributed by atoms with Crippen molar-refractivity contribution in [3.63, 3.8) is 0 Å². The standard InChI is InChI=1S/C14H30N4.HI/c1-13(2,3)17-12(15)16-11-14(4,5)18-9-7-6-8-10-18;/h6-11H2,1-5H3,(H3,15,16,17);1H.